The average molecular weight is 599 g/mol. The van der Waals surface area contributed by atoms with Crippen LogP contribution in [0.5, 0.6) is 11.5 Å². The molecule has 0 N–H and O–H groups in total. The molecule has 0 aromatic heterocycles. The molecule has 8 nitrogen and oxygen atoms in total. The van der Waals surface area contributed by atoms with E-state index in [1.54, 1.807) is 14.2 Å². The Morgan fingerprint density at radius 1 is 0.523 bits per heavy atom. The number of hydrogen-bond donors (Lipinski definition) is 0. The lowest BCUT2D eigenvalue weighted by atomic mass is 9.99. The second kappa shape index (κ2) is 14.8. The third-order valence-corrected chi connectivity index (χ3v) is 7.83. The molecule has 44 heavy (non-hydrogen) atoms. The maximum Gasteiger partial charge on any atom is 0.184 e. The van der Waals surface area contributed by atoms with Gasteiger partial charge in [-0.25, -0.2) is 0 Å². The van der Waals surface area contributed by atoms with Crippen LogP contribution in [0.3, 0.4) is 0 Å². The summed E-state index contributed by atoms with van der Waals surface area (Å²) in [6.45, 7) is 1.39. The van der Waals surface area contributed by atoms with E-state index >= 15 is 0 Å². The van der Waals surface area contributed by atoms with Gasteiger partial charge in [0.1, 0.15) is 35.9 Å². The predicted molar refractivity (Wildman–Crippen MR) is 163 cm³/mol. The van der Waals surface area contributed by atoms with Crippen molar-refractivity contribution in [3.8, 4) is 11.5 Å². The third kappa shape index (κ3) is 7.47. The van der Waals surface area contributed by atoms with Gasteiger partial charge in [0.2, 0.25) is 0 Å². The number of benzene rings is 4. The highest BCUT2D eigenvalue weighted by atomic mass is 16.7. The number of hydrogen-bond acceptors (Lipinski definition) is 8. The molecule has 0 radical (unpaired) electrons. The van der Waals surface area contributed by atoms with E-state index in [2.05, 4.69) is 0 Å². The summed E-state index contributed by atoms with van der Waals surface area (Å²) in [6, 6.07) is 35.5. The molecule has 2 aliphatic heterocycles. The van der Waals surface area contributed by atoms with Gasteiger partial charge in [0.05, 0.1) is 40.6 Å². The molecule has 6 rings (SSSR count). The molecule has 2 saturated heterocycles. The van der Waals surface area contributed by atoms with Crippen LogP contribution in [0, 0.1) is 0 Å². The van der Waals surface area contributed by atoms with Crippen LogP contribution >= 0.6 is 0 Å². The lowest BCUT2D eigenvalue weighted by Crippen LogP contribution is -2.57. The van der Waals surface area contributed by atoms with Gasteiger partial charge in [-0.2, -0.15) is 0 Å². The lowest BCUT2D eigenvalue weighted by molar-refractivity contribution is -0.341. The van der Waals surface area contributed by atoms with E-state index in [0.29, 0.717) is 26.4 Å². The highest BCUT2D eigenvalue weighted by molar-refractivity contribution is 5.27. The van der Waals surface area contributed by atoms with E-state index in [4.69, 9.17) is 37.9 Å². The average Bonchev–Trinajstić information content (AvgIpc) is 3.11. The maximum absolute atomic E-state index is 6.70. The van der Waals surface area contributed by atoms with Gasteiger partial charge < -0.3 is 37.9 Å². The summed E-state index contributed by atoms with van der Waals surface area (Å²) in [5, 5.41) is 0. The Kier molecular flexibility index (Phi) is 10.2. The van der Waals surface area contributed by atoms with Crippen molar-refractivity contribution >= 4 is 0 Å². The highest BCUT2D eigenvalue weighted by Gasteiger charge is 2.46. The van der Waals surface area contributed by atoms with Crippen LogP contribution in [0.2, 0.25) is 0 Å². The van der Waals surface area contributed by atoms with Gasteiger partial charge >= 0.3 is 0 Å². The first kappa shape index (κ1) is 30.3. The molecule has 0 aliphatic carbocycles. The molecule has 230 valence electrons. The van der Waals surface area contributed by atoms with Crippen molar-refractivity contribution in [2.24, 2.45) is 0 Å². The van der Waals surface area contributed by atoms with E-state index < -0.39 is 37.0 Å². The molecule has 0 spiro atoms. The molecule has 4 aromatic carbocycles. The van der Waals surface area contributed by atoms with Gasteiger partial charge in [0.25, 0.3) is 0 Å². The largest absolute Gasteiger partial charge is 0.497 e. The topological polar surface area (TPSA) is 73.8 Å². The molecule has 0 amide bonds. The Morgan fingerprint density at radius 3 is 1.27 bits per heavy atom. The predicted octanol–water partition coefficient (Wildman–Crippen LogP) is 6.40. The summed E-state index contributed by atoms with van der Waals surface area (Å²) in [4.78, 5) is 0. The Hall–Kier alpha value is -3.76. The number of rotatable bonds is 11. The van der Waals surface area contributed by atoms with Crippen LogP contribution < -0.4 is 9.47 Å². The zero-order valence-electron chi connectivity index (χ0n) is 25.0. The van der Waals surface area contributed by atoms with Gasteiger partial charge in [0.15, 0.2) is 12.6 Å². The first-order valence-corrected chi connectivity index (χ1v) is 14.8. The van der Waals surface area contributed by atoms with Crippen LogP contribution in [-0.2, 0) is 41.6 Å². The van der Waals surface area contributed by atoms with Crippen molar-refractivity contribution < 1.29 is 37.9 Å². The quantitative estimate of drug-likeness (QED) is 0.196. The van der Waals surface area contributed by atoms with Gasteiger partial charge in [-0.05, 0) is 35.4 Å². The minimum atomic E-state index is -0.578. The van der Waals surface area contributed by atoms with E-state index in [1.165, 1.54) is 0 Å². The standard InChI is InChI=1S/C36H38O8/c1-37-29-17-13-25(14-18-29)21-39-31-23-41-35(27-9-5-3-6-10-27)43-33(31)34-32(40-22-26-15-19-30(38-2)20-16-26)24-42-36(44-34)28-11-7-4-8-12-28/h3-20,31-36H,21-24H2,1-2H3/t31-,32-,33-,34-,35?,36?/m1/s1. The molecular formula is C36H38O8. The van der Waals surface area contributed by atoms with Crippen molar-refractivity contribution in [1.29, 1.82) is 0 Å². The summed E-state index contributed by atoms with van der Waals surface area (Å²) in [6.07, 6.45) is -3.03. The summed E-state index contributed by atoms with van der Waals surface area (Å²) in [5.41, 5.74) is 3.87. The van der Waals surface area contributed by atoms with Gasteiger partial charge in [0, 0.05) is 11.1 Å². The summed E-state index contributed by atoms with van der Waals surface area (Å²) in [5.74, 6) is 1.59. The summed E-state index contributed by atoms with van der Waals surface area (Å²) >= 11 is 0. The normalized spacial score (nSPS) is 25.3. The lowest BCUT2D eigenvalue weighted by Gasteiger charge is -2.45. The van der Waals surface area contributed by atoms with Crippen molar-refractivity contribution in [3.63, 3.8) is 0 Å². The molecule has 4 aromatic rings. The van der Waals surface area contributed by atoms with Crippen LogP contribution in [0.4, 0.5) is 0 Å². The maximum atomic E-state index is 6.70. The molecule has 2 fully saturated rings. The second-order valence-electron chi connectivity index (χ2n) is 10.7. The fourth-order valence-corrected chi connectivity index (χ4v) is 5.38. The van der Waals surface area contributed by atoms with E-state index in [1.807, 2.05) is 109 Å². The van der Waals surface area contributed by atoms with Crippen LogP contribution in [0.25, 0.3) is 0 Å². The Balaban J connectivity index is 1.26. The van der Waals surface area contributed by atoms with Crippen LogP contribution in [0.15, 0.2) is 109 Å². The van der Waals surface area contributed by atoms with E-state index in [9.17, 15) is 0 Å². The fourth-order valence-electron chi connectivity index (χ4n) is 5.38. The first-order chi connectivity index (χ1) is 21.7. The molecule has 8 heteroatoms. The SMILES string of the molecule is COc1ccc(CO[C@@H]2COC(c3ccccc3)O[C@H]2[C@@H]2OC(c3ccccc3)OC[C@H]2OCc2ccc(OC)cc2)cc1. The zero-order chi connectivity index (χ0) is 30.1. The fraction of sp³-hybridized carbons (Fsp3) is 0.333. The van der Waals surface area contributed by atoms with E-state index in [0.717, 1.165) is 33.8 Å². The molecule has 2 unspecified atom stereocenters. The number of ether oxygens (including phenoxy) is 8. The number of methoxy groups -OCH3 is 2. The minimum Gasteiger partial charge on any atom is -0.497 e. The summed E-state index contributed by atoms with van der Waals surface area (Å²) < 4.78 is 49.4. The molecule has 0 bridgehead atoms. The van der Waals surface area contributed by atoms with Crippen LogP contribution in [-0.4, -0.2) is 51.8 Å². The van der Waals surface area contributed by atoms with Crippen LogP contribution in [0.1, 0.15) is 34.8 Å². The molecule has 6 atom stereocenters. The zero-order valence-corrected chi connectivity index (χ0v) is 25.0. The third-order valence-electron chi connectivity index (χ3n) is 7.83. The van der Waals surface area contributed by atoms with Gasteiger partial charge in [-0.3, -0.25) is 0 Å². The molecule has 2 heterocycles. The highest BCUT2D eigenvalue weighted by Crippen LogP contribution is 2.37. The monoisotopic (exact) mass is 598 g/mol. The van der Waals surface area contributed by atoms with Crippen molar-refractivity contribution in [3.05, 3.63) is 131 Å². The van der Waals surface area contributed by atoms with Crippen molar-refractivity contribution in [2.45, 2.75) is 50.2 Å². The second-order valence-corrected chi connectivity index (χ2v) is 10.7. The van der Waals surface area contributed by atoms with E-state index in [-0.39, 0.29) is 0 Å². The van der Waals surface area contributed by atoms with Crippen molar-refractivity contribution in [1.82, 2.24) is 0 Å². The Morgan fingerprint density at radius 2 is 0.909 bits per heavy atom. The Bertz CT molecular complexity index is 1300. The minimum absolute atomic E-state index is 0.322. The van der Waals surface area contributed by atoms with Gasteiger partial charge in [-0.15, -0.1) is 0 Å². The first-order valence-electron chi connectivity index (χ1n) is 14.8. The Labute approximate surface area is 258 Å². The summed E-state index contributed by atoms with van der Waals surface area (Å²) in [7, 11) is 3.30. The van der Waals surface area contributed by atoms with Crippen molar-refractivity contribution in [2.75, 3.05) is 27.4 Å². The van der Waals surface area contributed by atoms with Gasteiger partial charge in [-0.1, -0.05) is 84.9 Å². The molecular weight excluding hydrogens is 560 g/mol. The molecule has 2 aliphatic rings. The molecule has 0 saturated carbocycles. The smallest absolute Gasteiger partial charge is 0.184 e.